The molecule has 2 aromatic carbocycles. The summed E-state index contributed by atoms with van der Waals surface area (Å²) >= 11 is 1.51. The highest BCUT2D eigenvalue weighted by molar-refractivity contribution is 7.88. The van der Waals surface area contributed by atoms with Crippen LogP contribution in [0.3, 0.4) is 0 Å². The lowest BCUT2D eigenvalue weighted by Gasteiger charge is -2.18. The van der Waals surface area contributed by atoms with Gasteiger partial charge in [-0.3, -0.25) is 8.91 Å². The van der Waals surface area contributed by atoms with E-state index in [0.29, 0.717) is 18.7 Å². The minimum absolute atomic E-state index is 0.281. The summed E-state index contributed by atoms with van der Waals surface area (Å²) in [6.45, 7) is 2.46. The van der Waals surface area contributed by atoms with Gasteiger partial charge in [0, 0.05) is 11.9 Å². The molecule has 0 aliphatic rings. The summed E-state index contributed by atoms with van der Waals surface area (Å²) in [4.78, 5) is 17.2. The topological polar surface area (TPSA) is 109 Å². The van der Waals surface area contributed by atoms with Crippen molar-refractivity contribution < 1.29 is 17.4 Å². The molecule has 3 N–H and O–H groups in total. The van der Waals surface area contributed by atoms with Crippen molar-refractivity contribution in [3.63, 3.8) is 0 Å². The maximum Gasteiger partial charge on any atom is 0.359 e. The average Bonchev–Trinajstić information content (AvgIpc) is 3.28. The third-order valence-corrected chi connectivity index (χ3v) is 6.62. The lowest BCUT2D eigenvalue weighted by Crippen LogP contribution is -2.38. The number of aromatic nitrogens is 1. The van der Waals surface area contributed by atoms with E-state index >= 15 is 0 Å². The summed E-state index contributed by atoms with van der Waals surface area (Å²) in [5.74, 6) is 0. The van der Waals surface area contributed by atoms with Gasteiger partial charge in [-0.05, 0) is 36.1 Å². The minimum atomic E-state index is -3.82. The Morgan fingerprint density at radius 1 is 1.09 bits per heavy atom. The van der Waals surface area contributed by atoms with Crippen LogP contribution in [0.25, 0.3) is 0 Å². The second-order valence-electron chi connectivity index (χ2n) is 7.02. The average molecular weight is 475 g/mol. The normalized spacial score (nSPS) is 12.2. The van der Waals surface area contributed by atoms with Crippen LogP contribution >= 0.6 is 11.3 Å². The van der Waals surface area contributed by atoms with Gasteiger partial charge >= 0.3 is 16.3 Å². The summed E-state index contributed by atoms with van der Waals surface area (Å²) in [7, 11) is -2.73. The Morgan fingerprint density at radius 2 is 1.81 bits per heavy atom. The Balaban J connectivity index is 1.69. The summed E-state index contributed by atoms with van der Waals surface area (Å²) < 4.78 is 29.8. The van der Waals surface area contributed by atoms with Crippen molar-refractivity contribution in [3.05, 3.63) is 81.8 Å². The SMILES string of the molecule is CCc1csc([C@H](Cc2ccc(NS(=O)(=O)OC)cc2)NC(=O)NCc2ccccc2)n1. The van der Waals surface area contributed by atoms with E-state index in [1.54, 1.807) is 24.3 Å². The van der Waals surface area contributed by atoms with E-state index in [2.05, 4.69) is 24.5 Å². The Kier molecular flexibility index (Phi) is 8.20. The maximum absolute atomic E-state index is 12.6. The molecule has 0 saturated carbocycles. The fourth-order valence-corrected chi connectivity index (χ4v) is 4.42. The van der Waals surface area contributed by atoms with E-state index < -0.39 is 10.3 Å². The van der Waals surface area contributed by atoms with E-state index in [-0.39, 0.29) is 12.1 Å². The first-order chi connectivity index (χ1) is 15.4. The number of amides is 2. The highest BCUT2D eigenvalue weighted by Crippen LogP contribution is 2.24. The molecular weight excluding hydrogens is 448 g/mol. The standard InChI is InChI=1S/C22H26N4O4S2/c1-3-18-15-31-21(24-18)20(25-22(27)23-14-17-7-5-4-6-8-17)13-16-9-11-19(12-10-16)26-32(28,29)30-2/h4-12,15,20,26H,3,13-14H2,1-2H3,(H2,23,25,27)/t20-/m0/s1. The van der Waals surface area contributed by atoms with Crippen LogP contribution in [-0.4, -0.2) is 26.5 Å². The van der Waals surface area contributed by atoms with Crippen LogP contribution in [0.2, 0.25) is 0 Å². The lowest BCUT2D eigenvalue weighted by atomic mass is 10.1. The quantitative estimate of drug-likeness (QED) is 0.414. The largest absolute Gasteiger partial charge is 0.359 e. The first-order valence-corrected chi connectivity index (χ1v) is 12.4. The van der Waals surface area contributed by atoms with Crippen molar-refractivity contribution in [1.29, 1.82) is 0 Å². The minimum Gasteiger partial charge on any atom is -0.334 e. The number of aryl methyl sites for hydroxylation is 1. The summed E-state index contributed by atoms with van der Waals surface area (Å²) in [5.41, 5.74) is 3.30. The summed E-state index contributed by atoms with van der Waals surface area (Å²) in [6, 6.07) is 16.0. The maximum atomic E-state index is 12.6. The third kappa shape index (κ3) is 7.04. The highest BCUT2D eigenvalue weighted by Gasteiger charge is 2.19. The zero-order chi connectivity index (χ0) is 23.0. The van der Waals surface area contributed by atoms with Crippen molar-refractivity contribution in [2.45, 2.75) is 32.4 Å². The number of nitrogens with zero attached hydrogens (tertiary/aromatic N) is 1. The molecule has 32 heavy (non-hydrogen) atoms. The zero-order valence-electron chi connectivity index (χ0n) is 17.9. The fourth-order valence-electron chi connectivity index (χ4n) is 2.96. The van der Waals surface area contributed by atoms with Crippen molar-refractivity contribution in [3.8, 4) is 0 Å². The molecule has 3 aromatic rings. The molecule has 0 saturated heterocycles. The number of hydrogen-bond donors (Lipinski definition) is 3. The third-order valence-electron chi connectivity index (χ3n) is 4.69. The predicted octanol–water partition coefficient (Wildman–Crippen LogP) is 3.79. The number of urea groups is 1. The van der Waals surface area contributed by atoms with Gasteiger partial charge in [-0.2, -0.15) is 8.42 Å². The molecule has 0 aliphatic heterocycles. The number of thiazole rings is 1. The van der Waals surface area contributed by atoms with Gasteiger partial charge in [0.25, 0.3) is 0 Å². The molecule has 8 nitrogen and oxygen atoms in total. The van der Waals surface area contributed by atoms with Crippen LogP contribution in [0, 0.1) is 0 Å². The van der Waals surface area contributed by atoms with E-state index in [4.69, 9.17) is 0 Å². The Labute approximate surface area is 192 Å². The van der Waals surface area contributed by atoms with Crippen molar-refractivity contribution in [2.75, 3.05) is 11.8 Å². The van der Waals surface area contributed by atoms with Crippen LogP contribution in [0.4, 0.5) is 10.5 Å². The zero-order valence-corrected chi connectivity index (χ0v) is 19.5. The molecule has 0 aliphatic carbocycles. The molecule has 1 heterocycles. The van der Waals surface area contributed by atoms with Gasteiger partial charge in [0.05, 0.1) is 24.5 Å². The molecule has 0 fully saturated rings. The van der Waals surface area contributed by atoms with Crippen LogP contribution in [0.15, 0.2) is 60.0 Å². The number of rotatable bonds is 10. The van der Waals surface area contributed by atoms with Gasteiger partial charge in [0.1, 0.15) is 5.01 Å². The molecule has 0 unspecified atom stereocenters. The first kappa shape index (κ1) is 23.7. The van der Waals surface area contributed by atoms with Crippen molar-refractivity contribution >= 4 is 33.4 Å². The Bertz CT molecular complexity index is 1120. The number of nitrogens with one attached hydrogen (secondary N) is 3. The van der Waals surface area contributed by atoms with Gasteiger partial charge in [-0.25, -0.2) is 9.78 Å². The van der Waals surface area contributed by atoms with E-state index in [1.165, 1.54) is 11.3 Å². The van der Waals surface area contributed by atoms with Crippen LogP contribution in [-0.2, 0) is 33.9 Å². The van der Waals surface area contributed by atoms with Crippen molar-refractivity contribution in [1.82, 2.24) is 15.6 Å². The predicted molar refractivity (Wildman–Crippen MR) is 126 cm³/mol. The number of benzene rings is 2. The van der Waals surface area contributed by atoms with E-state index in [0.717, 1.165) is 35.4 Å². The van der Waals surface area contributed by atoms with Gasteiger partial charge in [0.2, 0.25) is 0 Å². The van der Waals surface area contributed by atoms with Crippen LogP contribution in [0.1, 0.15) is 34.8 Å². The molecule has 0 radical (unpaired) electrons. The van der Waals surface area contributed by atoms with Gasteiger partial charge < -0.3 is 10.6 Å². The molecule has 1 aromatic heterocycles. The van der Waals surface area contributed by atoms with Gasteiger partial charge in [-0.15, -0.1) is 11.3 Å². The van der Waals surface area contributed by atoms with E-state index in [1.807, 2.05) is 42.6 Å². The van der Waals surface area contributed by atoms with Gasteiger partial charge in [-0.1, -0.05) is 49.4 Å². The molecular formula is C22H26N4O4S2. The molecule has 3 rings (SSSR count). The lowest BCUT2D eigenvalue weighted by molar-refractivity contribution is 0.236. The number of carbonyl (C=O) groups excluding carboxylic acids is 1. The molecule has 10 heteroatoms. The Morgan fingerprint density at radius 3 is 2.44 bits per heavy atom. The van der Waals surface area contributed by atoms with Gasteiger partial charge in [0.15, 0.2) is 0 Å². The second kappa shape index (κ2) is 11.1. The molecule has 170 valence electrons. The molecule has 1 atom stereocenters. The monoisotopic (exact) mass is 474 g/mol. The fraction of sp³-hybridized carbons (Fsp3) is 0.273. The molecule has 0 bridgehead atoms. The van der Waals surface area contributed by atoms with Crippen LogP contribution < -0.4 is 15.4 Å². The second-order valence-corrected chi connectivity index (χ2v) is 9.36. The highest BCUT2D eigenvalue weighted by atomic mass is 32.2. The number of carbonyl (C=O) groups is 1. The summed E-state index contributed by atoms with van der Waals surface area (Å²) in [6.07, 6.45) is 1.32. The molecule has 2 amide bonds. The molecule has 0 spiro atoms. The number of anilines is 1. The summed E-state index contributed by atoms with van der Waals surface area (Å²) in [5, 5.41) is 8.72. The smallest absolute Gasteiger partial charge is 0.334 e. The number of hydrogen-bond acceptors (Lipinski definition) is 6. The van der Waals surface area contributed by atoms with E-state index in [9.17, 15) is 13.2 Å². The first-order valence-electron chi connectivity index (χ1n) is 10.1. The van der Waals surface area contributed by atoms with Crippen LogP contribution in [0.5, 0.6) is 0 Å². The van der Waals surface area contributed by atoms with Crippen molar-refractivity contribution in [2.24, 2.45) is 0 Å². The Hall–Kier alpha value is -2.95.